The Labute approximate surface area is 144 Å². The van der Waals surface area contributed by atoms with E-state index < -0.39 is 5.97 Å². The molecule has 0 saturated heterocycles. The number of nitrogens with zero attached hydrogens (tertiary/aromatic N) is 1. The van der Waals surface area contributed by atoms with Gasteiger partial charge >= 0.3 is 0 Å². The fraction of sp³-hybridized carbons (Fsp3) is 0.100. The minimum Gasteiger partial charge on any atom is -0.550 e. The molecule has 0 amide bonds. The first-order valence-electron chi connectivity index (χ1n) is 7.76. The zero-order chi connectivity index (χ0) is 17.6. The summed E-state index contributed by atoms with van der Waals surface area (Å²) in [4.78, 5) is 15.6. The molecule has 0 saturated carbocycles. The number of ether oxygens (including phenoxy) is 1. The molecule has 25 heavy (non-hydrogen) atoms. The van der Waals surface area contributed by atoms with Gasteiger partial charge < -0.3 is 19.1 Å². The maximum absolute atomic E-state index is 11.2. The summed E-state index contributed by atoms with van der Waals surface area (Å²) in [7, 11) is 0. The summed E-state index contributed by atoms with van der Waals surface area (Å²) in [5.41, 5.74) is 2.39. The highest BCUT2D eigenvalue weighted by Gasteiger charge is 2.12. The molecule has 0 atom stereocenters. The van der Waals surface area contributed by atoms with Crippen LogP contribution in [-0.2, 0) is 4.79 Å². The first kappa shape index (κ1) is 16.5. The molecule has 3 rings (SSSR count). The second-order valence-electron chi connectivity index (χ2n) is 5.34. The number of aromatic nitrogens is 1. The van der Waals surface area contributed by atoms with Gasteiger partial charge in [0.25, 0.3) is 0 Å². The van der Waals surface area contributed by atoms with Crippen molar-refractivity contribution in [2.75, 3.05) is 6.61 Å². The first-order chi connectivity index (χ1) is 12.2. The molecule has 126 valence electrons. The van der Waals surface area contributed by atoms with E-state index in [0.717, 1.165) is 5.56 Å². The summed E-state index contributed by atoms with van der Waals surface area (Å²) in [6.07, 6.45) is 3.02. The lowest BCUT2D eigenvalue weighted by atomic mass is 10.1. The molecule has 5 heteroatoms. The summed E-state index contributed by atoms with van der Waals surface area (Å²) in [5, 5.41) is 11.2. The van der Waals surface area contributed by atoms with Crippen LogP contribution in [0.15, 0.2) is 65.6 Å². The Balaban J connectivity index is 2.05. The van der Waals surface area contributed by atoms with Crippen LogP contribution in [0, 0.1) is 0 Å². The van der Waals surface area contributed by atoms with E-state index in [1.54, 1.807) is 30.4 Å². The van der Waals surface area contributed by atoms with Crippen molar-refractivity contribution in [3.63, 3.8) is 0 Å². The molecule has 0 fully saturated rings. The van der Waals surface area contributed by atoms with Gasteiger partial charge in [0.05, 0.1) is 0 Å². The number of rotatable bonds is 7. The second-order valence-corrected chi connectivity index (χ2v) is 5.34. The van der Waals surface area contributed by atoms with E-state index in [0.29, 0.717) is 29.0 Å². The number of carbonyl (C=O) groups excluding carboxylic acids is 1. The largest absolute Gasteiger partial charge is 0.550 e. The maximum atomic E-state index is 11.2. The highest BCUT2D eigenvalue weighted by Crippen LogP contribution is 2.28. The Morgan fingerprint density at radius 1 is 1.20 bits per heavy atom. The van der Waals surface area contributed by atoms with E-state index in [1.807, 2.05) is 30.3 Å². The summed E-state index contributed by atoms with van der Waals surface area (Å²) in [6, 6.07) is 14.6. The number of benzene rings is 2. The Morgan fingerprint density at radius 2 is 1.96 bits per heavy atom. The van der Waals surface area contributed by atoms with E-state index in [4.69, 9.17) is 9.15 Å². The molecular formula is C20H16NO4-. The predicted molar refractivity (Wildman–Crippen MR) is 93.6 cm³/mol. The molecule has 0 aliphatic rings. The van der Waals surface area contributed by atoms with Crippen LogP contribution in [0.5, 0.6) is 5.75 Å². The van der Waals surface area contributed by atoms with Gasteiger partial charge in [0.1, 0.15) is 17.9 Å². The Hall–Kier alpha value is -3.34. The van der Waals surface area contributed by atoms with Crippen LogP contribution in [0.2, 0.25) is 0 Å². The smallest absolute Gasteiger partial charge is 0.223 e. The molecular weight excluding hydrogens is 318 g/mol. The molecule has 0 spiro atoms. The topological polar surface area (TPSA) is 75.4 Å². The van der Waals surface area contributed by atoms with Crippen LogP contribution in [0.4, 0.5) is 0 Å². The van der Waals surface area contributed by atoms with Gasteiger partial charge in [-0.2, -0.15) is 0 Å². The number of aliphatic carboxylic acids is 1. The number of hydrogen-bond acceptors (Lipinski definition) is 5. The SMILES string of the molecule is C=CCOc1ccccc1/C=C(\CC(=O)[O-])c1nc2ccccc2o1. The van der Waals surface area contributed by atoms with Gasteiger partial charge in [-0.25, -0.2) is 4.98 Å². The van der Waals surface area contributed by atoms with Crippen molar-refractivity contribution in [3.05, 3.63) is 72.6 Å². The number of oxazole rings is 1. The van der Waals surface area contributed by atoms with Crippen LogP contribution in [0.1, 0.15) is 17.9 Å². The monoisotopic (exact) mass is 334 g/mol. The number of hydrogen-bond donors (Lipinski definition) is 0. The highest BCUT2D eigenvalue weighted by molar-refractivity contribution is 5.91. The van der Waals surface area contributed by atoms with Crippen LogP contribution < -0.4 is 9.84 Å². The normalized spacial score (nSPS) is 11.4. The van der Waals surface area contributed by atoms with Crippen molar-refractivity contribution < 1.29 is 19.1 Å². The standard InChI is InChI=1S/C20H17NO4/c1-2-11-24-17-9-5-3-7-14(17)12-15(13-19(22)23)20-21-16-8-4-6-10-18(16)25-20/h2-10,12H,1,11,13H2,(H,22,23)/p-1/b15-12+. The molecule has 1 aromatic heterocycles. The Bertz CT molecular complexity index is 907. The van der Waals surface area contributed by atoms with Gasteiger partial charge in [-0.15, -0.1) is 0 Å². The lowest BCUT2D eigenvalue weighted by Gasteiger charge is -2.09. The van der Waals surface area contributed by atoms with Crippen molar-refractivity contribution >= 4 is 28.7 Å². The van der Waals surface area contributed by atoms with Crippen molar-refractivity contribution in [2.24, 2.45) is 0 Å². The van der Waals surface area contributed by atoms with Crippen LogP contribution in [0.3, 0.4) is 0 Å². The molecule has 0 N–H and O–H groups in total. The van der Waals surface area contributed by atoms with Gasteiger partial charge in [-0.3, -0.25) is 0 Å². The second kappa shape index (κ2) is 7.49. The summed E-state index contributed by atoms with van der Waals surface area (Å²) in [5.74, 6) is -0.337. The van der Waals surface area contributed by atoms with Gasteiger partial charge in [0.2, 0.25) is 5.89 Å². The average Bonchev–Trinajstić information content (AvgIpc) is 3.04. The van der Waals surface area contributed by atoms with Crippen LogP contribution >= 0.6 is 0 Å². The van der Waals surface area contributed by atoms with E-state index in [-0.39, 0.29) is 12.3 Å². The number of carbonyl (C=O) groups is 1. The number of fused-ring (bicyclic) bond motifs is 1. The summed E-state index contributed by atoms with van der Waals surface area (Å²) < 4.78 is 11.3. The number of para-hydroxylation sites is 3. The van der Waals surface area contributed by atoms with Crippen LogP contribution in [-0.4, -0.2) is 17.6 Å². The number of carboxylic acids is 1. The van der Waals surface area contributed by atoms with E-state index in [2.05, 4.69) is 11.6 Å². The highest BCUT2D eigenvalue weighted by atomic mass is 16.5. The Kier molecular flexibility index (Phi) is 4.95. The van der Waals surface area contributed by atoms with Crippen LogP contribution in [0.25, 0.3) is 22.7 Å². The fourth-order valence-electron chi connectivity index (χ4n) is 2.42. The summed E-state index contributed by atoms with van der Waals surface area (Å²) >= 11 is 0. The van der Waals surface area contributed by atoms with E-state index in [9.17, 15) is 9.90 Å². The Morgan fingerprint density at radius 3 is 2.72 bits per heavy atom. The zero-order valence-electron chi connectivity index (χ0n) is 13.5. The number of carboxylic acid groups (broad SMARTS) is 1. The quantitative estimate of drug-likeness (QED) is 0.621. The van der Waals surface area contributed by atoms with Crippen molar-refractivity contribution in [1.82, 2.24) is 4.98 Å². The molecule has 0 radical (unpaired) electrons. The van der Waals surface area contributed by atoms with Gasteiger partial charge in [-0.1, -0.05) is 43.0 Å². The van der Waals surface area contributed by atoms with Crippen molar-refractivity contribution in [2.45, 2.75) is 6.42 Å². The fourth-order valence-corrected chi connectivity index (χ4v) is 2.42. The molecule has 0 unspecified atom stereocenters. The molecule has 3 aromatic rings. The molecule has 2 aromatic carbocycles. The third kappa shape index (κ3) is 3.95. The zero-order valence-corrected chi connectivity index (χ0v) is 13.5. The van der Waals surface area contributed by atoms with E-state index >= 15 is 0 Å². The average molecular weight is 334 g/mol. The third-order valence-electron chi connectivity index (χ3n) is 3.51. The molecule has 0 bridgehead atoms. The van der Waals surface area contributed by atoms with Crippen molar-refractivity contribution in [3.8, 4) is 5.75 Å². The minimum absolute atomic E-state index is 0.254. The molecule has 0 aliphatic carbocycles. The van der Waals surface area contributed by atoms with Gasteiger partial charge in [0.15, 0.2) is 5.58 Å². The molecule has 1 heterocycles. The van der Waals surface area contributed by atoms with E-state index in [1.165, 1.54) is 0 Å². The maximum Gasteiger partial charge on any atom is 0.223 e. The first-order valence-corrected chi connectivity index (χ1v) is 7.76. The lowest BCUT2D eigenvalue weighted by Crippen LogP contribution is -2.22. The lowest BCUT2D eigenvalue weighted by molar-refractivity contribution is -0.304. The summed E-state index contributed by atoms with van der Waals surface area (Å²) in [6.45, 7) is 3.98. The van der Waals surface area contributed by atoms with Gasteiger partial charge in [-0.05, 0) is 24.3 Å². The van der Waals surface area contributed by atoms with Gasteiger partial charge in [0, 0.05) is 23.5 Å². The molecule has 5 nitrogen and oxygen atoms in total. The predicted octanol–water partition coefficient (Wildman–Crippen LogP) is 3.07. The third-order valence-corrected chi connectivity index (χ3v) is 3.51. The van der Waals surface area contributed by atoms with Crippen molar-refractivity contribution in [1.29, 1.82) is 0 Å². The molecule has 0 aliphatic heterocycles. The minimum atomic E-state index is -1.21.